The molecule has 0 aromatic carbocycles. The summed E-state index contributed by atoms with van der Waals surface area (Å²) in [4.78, 5) is 33.6. The van der Waals surface area contributed by atoms with Gasteiger partial charge in [0.05, 0.1) is 6.61 Å². The number of aliphatic carboxylic acids is 1. The Morgan fingerprint density at radius 2 is 1.90 bits per heavy atom. The summed E-state index contributed by atoms with van der Waals surface area (Å²) in [5.41, 5.74) is 0. The van der Waals surface area contributed by atoms with Gasteiger partial charge in [-0.2, -0.15) is 0 Å². The zero-order chi connectivity index (χ0) is 15.4. The molecule has 0 unspecified atom stereocenters. The molecule has 0 aromatic rings. The molecule has 0 rings (SSSR count). The molecule has 0 aromatic heterocycles. The Hall–Kier alpha value is -1.83. The fraction of sp³-hybridized carbons (Fsp3) is 0.750. The first-order valence-electron chi connectivity index (χ1n) is 6.54. The predicted octanol–water partition coefficient (Wildman–Crippen LogP) is -0.308. The van der Waals surface area contributed by atoms with Crippen LogP contribution in [0.15, 0.2) is 0 Å². The summed E-state index contributed by atoms with van der Waals surface area (Å²) in [6, 6.07) is -1.49. The molecule has 116 valence electrons. The van der Waals surface area contributed by atoms with E-state index >= 15 is 0 Å². The maximum Gasteiger partial charge on any atom is 0.326 e. The van der Waals surface area contributed by atoms with Gasteiger partial charge in [-0.25, -0.2) is 9.59 Å². The molecule has 1 atom stereocenters. The number of carbonyl (C=O) groups is 3. The first-order chi connectivity index (χ1) is 9.51. The van der Waals surface area contributed by atoms with Gasteiger partial charge in [-0.05, 0) is 6.42 Å². The maximum absolute atomic E-state index is 11.4. The van der Waals surface area contributed by atoms with E-state index in [1.54, 1.807) is 0 Å². The number of rotatable bonds is 10. The molecule has 0 heterocycles. The van der Waals surface area contributed by atoms with Crippen molar-refractivity contribution in [3.8, 4) is 0 Å². The highest BCUT2D eigenvalue weighted by molar-refractivity contribution is 5.83. The van der Waals surface area contributed by atoms with E-state index < -0.39 is 18.0 Å². The smallest absolute Gasteiger partial charge is 0.326 e. The van der Waals surface area contributed by atoms with Crippen LogP contribution in [0.4, 0.5) is 4.79 Å². The number of carbonyl (C=O) groups excluding carboxylic acids is 2. The number of carboxylic acid groups (broad SMARTS) is 1. The Morgan fingerprint density at radius 1 is 1.20 bits per heavy atom. The van der Waals surface area contributed by atoms with Crippen LogP contribution in [-0.4, -0.2) is 55.9 Å². The van der Waals surface area contributed by atoms with Gasteiger partial charge in [0.15, 0.2) is 0 Å². The van der Waals surface area contributed by atoms with Crippen LogP contribution in [0.25, 0.3) is 0 Å². The van der Waals surface area contributed by atoms with E-state index in [9.17, 15) is 14.4 Å². The molecule has 0 aliphatic rings. The van der Waals surface area contributed by atoms with Gasteiger partial charge >= 0.3 is 12.0 Å². The van der Waals surface area contributed by atoms with E-state index in [-0.39, 0.29) is 18.9 Å². The van der Waals surface area contributed by atoms with Crippen LogP contribution >= 0.6 is 0 Å². The van der Waals surface area contributed by atoms with E-state index in [4.69, 9.17) is 9.84 Å². The molecular weight excluding hydrogens is 266 g/mol. The molecule has 0 bridgehead atoms. The minimum Gasteiger partial charge on any atom is -0.480 e. The lowest BCUT2D eigenvalue weighted by atomic mass is 10.2. The Balaban J connectivity index is 3.81. The van der Waals surface area contributed by atoms with E-state index in [2.05, 4.69) is 16.0 Å². The van der Waals surface area contributed by atoms with Crippen LogP contribution in [-0.2, 0) is 14.3 Å². The van der Waals surface area contributed by atoms with Gasteiger partial charge in [0, 0.05) is 26.6 Å². The summed E-state index contributed by atoms with van der Waals surface area (Å²) >= 11 is 0. The van der Waals surface area contributed by atoms with Crippen molar-refractivity contribution in [1.82, 2.24) is 16.0 Å². The topological polar surface area (TPSA) is 117 Å². The van der Waals surface area contributed by atoms with Crippen LogP contribution in [0.1, 0.15) is 26.2 Å². The van der Waals surface area contributed by atoms with Crippen molar-refractivity contribution >= 4 is 17.9 Å². The van der Waals surface area contributed by atoms with Crippen LogP contribution in [0.3, 0.4) is 0 Å². The SMILES string of the molecule is CCC[C@H](NC(=O)NCCC(=O)NCCOC)C(=O)O. The fourth-order valence-electron chi connectivity index (χ4n) is 1.43. The van der Waals surface area contributed by atoms with Crippen molar-refractivity contribution in [3.05, 3.63) is 0 Å². The number of hydrogen-bond donors (Lipinski definition) is 4. The number of ether oxygens (including phenoxy) is 1. The van der Waals surface area contributed by atoms with Gasteiger partial charge < -0.3 is 25.8 Å². The molecule has 20 heavy (non-hydrogen) atoms. The lowest BCUT2D eigenvalue weighted by Crippen LogP contribution is -2.46. The van der Waals surface area contributed by atoms with Gasteiger partial charge in [-0.1, -0.05) is 13.3 Å². The molecule has 8 heteroatoms. The van der Waals surface area contributed by atoms with Gasteiger partial charge in [0.2, 0.25) is 5.91 Å². The first kappa shape index (κ1) is 18.2. The first-order valence-corrected chi connectivity index (χ1v) is 6.54. The van der Waals surface area contributed by atoms with E-state index in [0.717, 1.165) is 0 Å². The van der Waals surface area contributed by atoms with Crippen molar-refractivity contribution in [3.63, 3.8) is 0 Å². The Bertz CT molecular complexity index is 322. The van der Waals surface area contributed by atoms with Crippen molar-refractivity contribution < 1.29 is 24.2 Å². The number of urea groups is 1. The molecule has 0 saturated carbocycles. The summed E-state index contributed by atoms with van der Waals surface area (Å²) in [6.07, 6.45) is 1.14. The number of methoxy groups -OCH3 is 1. The summed E-state index contributed by atoms with van der Waals surface area (Å²) in [5.74, 6) is -1.27. The second-order valence-electron chi connectivity index (χ2n) is 4.17. The van der Waals surface area contributed by atoms with Crippen LogP contribution in [0, 0.1) is 0 Å². The Morgan fingerprint density at radius 3 is 2.45 bits per heavy atom. The zero-order valence-corrected chi connectivity index (χ0v) is 11.9. The minimum absolute atomic E-state index is 0.128. The van der Waals surface area contributed by atoms with E-state index in [0.29, 0.717) is 26.0 Å². The average molecular weight is 289 g/mol. The molecule has 0 saturated heterocycles. The van der Waals surface area contributed by atoms with Crippen molar-refractivity contribution in [2.75, 3.05) is 26.8 Å². The second-order valence-corrected chi connectivity index (χ2v) is 4.17. The van der Waals surface area contributed by atoms with Crippen molar-refractivity contribution in [1.29, 1.82) is 0 Å². The molecule has 0 radical (unpaired) electrons. The number of nitrogens with one attached hydrogen (secondary N) is 3. The molecule has 0 aliphatic carbocycles. The molecule has 3 amide bonds. The number of hydrogen-bond acceptors (Lipinski definition) is 4. The molecule has 0 fully saturated rings. The van der Waals surface area contributed by atoms with Gasteiger partial charge in [-0.3, -0.25) is 4.79 Å². The van der Waals surface area contributed by atoms with Crippen LogP contribution < -0.4 is 16.0 Å². The molecule has 8 nitrogen and oxygen atoms in total. The lowest BCUT2D eigenvalue weighted by Gasteiger charge is -2.14. The summed E-state index contributed by atoms with van der Waals surface area (Å²) in [6.45, 7) is 2.82. The largest absolute Gasteiger partial charge is 0.480 e. The normalized spacial score (nSPS) is 11.5. The highest BCUT2D eigenvalue weighted by atomic mass is 16.5. The maximum atomic E-state index is 11.4. The molecule has 4 N–H and O–H groups in total. The van der Waals surface area contributed by atoms with Gasteiger partial charge in [0.1, 0.15) is 6.04 Å². The fourth-order valence-corrected chi connectivity index (χ4v) is 1.43. The predicted molar refractivity (Wildman–Crippen MR) is 72.4 cm³/mol. The molecule has 0 aliphatic heterocycles. The third-order valence-corrected chi connectivity index (χ3v) is 2.45. The van der Waals surface area contributed by atoms with Gasteiger partial charge in [-0.15, -0.1) is 0 Å². The highest BCUT2D eigenvalue weighted by Crippen LogP contribution is 1.96. The monoisotopic (exact) mass is 289 g/mol. The van der Waals surface area contributed by atoms with Crippen LogP contribution in [0.5, 0.6) is 0 Å². The van der Waals surface area contributed by atoms with E-state index in [1.165, 1.54) is 7.11 Å². The lowest BCUT2D eigenvalue weighted by molar-refractivity contribution is -0.139. The summed E-state index contributed by atoms with van der Waals surface area (Å²) in [7, 11) is 1.53. The summed E-state index contributed by atoms with van der Waals surface area (Å²) in [5, 5.41) is 16.3. The Labute approximate surface area is 118 Å². The number of carboxylic acids is 1. The molecule has 0 spiro atoms. The summed E-state index contributed by atoms with van der Waals surface area (Å²) < 4.78 is 4.77. The van der Waals surface area contributed by atoms with E-state index in [1.807, 2.05) is 6.92 Å². The molecular formula is C12H23N3O5. The minimum atomic E-state index is -1.07. The standard InChI is InChI=1S/C12H23N3O5/c1-3-4-9(11(17)18)15-12(19)14-6-5-10(16)13-7-8-20-2/h9H,3-8H2,1-2H3,(H,13,16)(H,17,18)(H2,14,15,19)/t9-/m0/s1. The van der Waals surface area contributed by atoms with Crippen LogP contribution in [0.2, 0.25) is 0 Å². The third kappa shape index (κ3) is 9.15. The second kappa shape index (κ2) is 11.0. The van der Waals surface area contributed by atoms with Crippen molar-refractivity contribution in [2.24, 2.45) is 0 Å². The highest BCUT2D eigenvalue weighted by Gasteiger charge is 2.18. The Kier molecular flexibility index (Phi) is 10.0. The third-order valence-electron chi connectivity index (χ3n) is 2.45. The quantitative estimate of drug-likeness (QED) is 0.412. The van der Waals surface area contributed by atoms with Crippen molar-refractivity contribution in [2.45, 2.75) is 32.2 Å². The van der Waals surface area contributed by atoms with Gasteiger partial charge in [0.25, 0.3) is 0 Å². The zero-order valence-electron chi connectivity index (χ0n) is 11.9. The average Bonchev–Trinajstić information content (AvgIpc) is 2.38. The number of amides is 3.